The van der Waals surface area contributed by atoms with E-state index in [1.54, 1.807) is 6.92 Å². The van der Waals surface area contributed by atoms with Gasteiger partial charge in [0.25, 0.3) is 0 Å². The molecule has 0 radical (unpaired) electrons. The van der Waals surface area contributed by atoms with Gasteiger partial charge in [-0.3, -0.25) is 0 Å². The van der Waals surface area contributed by atoms with Gasteiger partial charge in [0.2, 0.25) is 0 Å². The van der Waals surface area contributed by atoms with Crippen LogP contribution in [-0.2, 0) is 4.74 Å². The van der Waals surface area contributed by atoms with Crippen molar-refractivity contribution in [2.45, 2.75) is 64.1 Å². The third-order valence-corrected chi connectivity index (χ3v) is 2.67. The minimum Gasteiger partial charge on any atom is -0.391 e. The van der Waals surface area contributed by atoms with E-state index < -0.39 is 0 Å². The van der Waals surface area contributed by atoms with E-state index in [1.807, 2.05) is 0 Å². The quantitative estimate of drug-likeness (QED) is 0.619. The van der Waals surface area contributed by atoms with Gasteiger partial charge in [-0.15, -0.1) is 0 Å². The van der Waals surface area contributed by atoms with Crippen molar-refractivity contribution in [3.05, 3.63) is 0 Å². The van der Waals surface area contributed by atoms with Crippen LogP contribution in [-0.4, -0.2) is 23.4 Å². The summed E-state index contributed by atoms with van der Waals surface area (Å²) in [5, 5.41) is 9.09. The van der Waals surface area contributed by atoms with Gasteiger partial charge in [0, 0.05) is 0 Å². The number of hydrogen-bond donors (Lipinski definition) is 1. The summed E-state index contributed by atoms with van der Waals surface area (Å²) in [4.78, 5) is 0. The zero-order chi connectivity index (χ0) is 9.73. The number of hydrogen-bond acceptors (Lipinski definition) is 2. The Balaban J connectivity index is 2.08. The number of aliphatic hydroxyl groups excluding tert-OH is 1. The molecule has 1 rings (SSSR count). The largest absolute Gasteiger partial charge is 0.391 e. The summed E-state index contributed by atoms with van der Waals surface area (Å²) in [6, 6.07) is 0. The third kappa shape index (κ3) is 4.10. The molecule has 1 unspecified atom stereocenters. The van der Waals surface area contributed by atoms with Gasteiger partial charge in [0.15, 0.2) is 0 Å². The Morgan fingerprint density at radius 2 is 2.08 bits per heavy atom. The molecule has 2 heteroatoms. The summed E-state index contributed by atoms with van der Waals surface area (Å²) in [6.45, 7) is 4.50. The Morgan fingerprint density at radius 3 is 2.54 bits per heavy atom. The van der Waals surface area contributed by atoms with Crippen LogP contribution in [0.15, 0.2) is 0 Å². The molecule has 0 spiro atoms. The minimum absolute atomic E-state index is 0.173. The first-order chi connectivity index (χ1) is 6.18. The van der Waals surface area contributed by atoms with E-state index >= 15 is 0 Å². The Bertz CT molecular complexity index is 139. The lowest BCUT2D eigenvalue weighted by molar-refractivity contribution is -0.0226. The highest BCUT2D eigenvalue weighted by Gasteiger charge is 2.43. The highest BCUT2D eigenvalue weighted by Crippen LogP contribution is 2.44. The molecule has 1 atom stereocenters. The van der Waals surface area contributed by atoms with E-state index in [0.717, 1.165) is 0 Å². The van der Waals surface area contributed by atoms with Crippen molar-refractivity contribution < 1.29 is 9.84 Å². The number of rotatable bonds is 7. The van der Waals surface area contributed by atoms with E-state index in [0.29, 0.717) is 6.61 Å². The molecule has 78 valence electrons. The second-order valence-corrected chi connectivity index (χ2v) is 4.30. The van der Waals surface area contributed by atoms with Crippen LogP contribution in [0.4, 0.5) is 0 Å². The zero-order valence-corrected chi connectivity index (χ0v) is 8.88. The van der Waals surface area contributed by atoms with Crippen LogP contribution in [0.3, 0.4) is 0 Å². The first kappa shape index (κ1) is 11.0. The molecular weight excluding hydrogens is 164 g/mol. The van der Waals surface area contributed by atoms with E-state index in [-0.39, 0.29) is 11.7 Å². The average Bonchev–Trinajstić information content (AvgIpc) is 2.83. The van der Waals surface area contributed by atoms with Crippen LogP contribution < -0.4 is 0 Å². The Hall–Kier alpha value is -0.0800. The van der Waals surface area contributed by atoms with Crippen molar-refractivity contribution in [2.24, 2.45) is 0 Å². The van der Waals surface area contributed by atoms with Crippen LogP contribution in [0.5, 0.6) is 0 Å². The molecule has 1 aliphatic carbocycles. The lowest BCUT2D eigenvalue weighted by Gasteiger charge is -2.17. The van der Waals surface area contributed by atoms with Gasteiger partial charge in [0.1, 0.15) is 0 Å². The van der Waals surface area contributed by atoms with Gasteiger partial charge in [-0.25, -0.2) is 0 Å². The topological polar surface area (TPSA) is 29.5 Å². The summed E-state index contributed by atoms with van der Waals surface area (Å²) in [5.41, 5.74) is 0.173. The van der Waals surface area contributed by atoms with Crippen molar-refractivity contribution in [1.82, 2.24) is 0 Å². The molecule has 0 aliphatic heterocycles. The van der Waals surface area contributed by atoms with E-state index in [9.17, 15) is 0 Å². The standard InChI is InChI=1S/C11H22O2/c1-3-4-5-6-11(7-8-11)13-9-10(2)12/h10,12H,3-9H2,1-2H3. The molecule has 1 fully saturated rings. The van der Waals surface area contributed by atoms with E-state index in [4.69, 9.17) is 9.84 Å². The maximum Gasteiger partial charge on any atom is 0.0745 e. The van der Waals surface area contributed by atoms with Crippen LogP contribution in [0, 0.1) is 0 Å². The Kier molecular flexibility index (Phi) is 4.20. The van der Waals surface area contributed by atoms with Crippen molar-refractivity contribution in [3.8, 4) is 0 Å². The van der Waals surface area contributed by atoms with Gasteiger partial charge in [-0.05, 0) is 26.2 Å². The summed E-state index contributed by atoms with van der Waals surface area (Å²) in [6.07, 6.45) is 7.12. The first-order valence-corrected chi connectivity index (χ1v) is 5.50. The minimum atomic E-state index is -0.316. The SMILES string of the molecule is CCCCCC1(OCC(C)O)CC1. The van der Waals surface area contributed by atoms with Gasteiger partial charge < -0.3 is 9.84 Å². The monoisotopic (exact) mass is 186 g/mol. The van der Waals surface area contributed by atoms with Crippen molar-refractivity contribution in [3.63, 3.8) is 0 Å². The maximum atomic E-state index is 9.09. The van der Waals surface area contributed by atoms with Crippen molar-refractivity contribution >= 4 is 0 Å². The molecule has 1 aliphatic rings. The van der Waals surface area contributed by atoms with E-state index in [2.05, 4.69) is 6.92 Å². The van der Waals surface area contributed by atoms with Crippen LogP contribution in [0.25, 0.3) is 0 Å². The molecule has 0 aromatic rings. The van der Waals surface area contributed by atoms with Crippen LogP contribution in [0.1, 0.15) is 52.4 Å². The highest BCUT2D eigenvalue weighted by molar-refractivity contribution is 4.95. The fraction of sp³-hybridized carbons (Fsp3) is 1.00. The molecular formula is C11H22O2. The molecule has 2 nitrogen and oxygen atoms in total. The molecule has 0 aromatic carbocycles. The normalized spacial score (nSPS) is 21.5. The molecule has 0 bridgehead atoms. The molecule has 13 heavy (non-hydrogen) atoms. The van der Waals surface area contributed by atoms with Crippen LogP contribution in [0.2, 0.25) is 0 Å². The predicted molar refractivity (Wildman–Crippen MR) is 53.7 cm³/mol. The molecule has 1 saturated carbocycles. The second kappa shape index (κ2) is 4.97. The Morgan fingerprint density at radius 1 is 1.38 bits per heavy atom. The zero-order valence-electron chi connectivity index (χ0n) is 8.88. The summed E-state index contributed by atoms with van der Waals surface area (Å²) >= 11 is 0. The Labute approximate surface area is 81.3 Å². The van der Waals surface area contributed by atoms with Gasteiger partial charge >= 0.3 is 0 Å². The first-order valence-electron chi connectivity index (χ1n) is 5.50. The summed E-state index contributed by atoms with van der Waals surface area (Å²) < 4.78 is 5.70. The molecule has 1 N–H and O–H groups in total. The molecule has 0 aromatic heterocycles. The van der Waals surface area contributed by atoms with Gasteiger partial charge in [-0.1, -0.05) is 26.2 Å². The molecule has 0 heterocycles. The fourth-order valence-electron chi connectivity index (χ4n) is 1.60. The maximum absolute atomic E-state index is 9.09. The molecule has 0 saturated heterocycles. The van der Waals surface area contributed by atoms with Crippen LogP contribution >= 0.6 is 0 Å². The van der Waals surface area contributed by atoms with Crippen molar-refractivity contribution in [1.29, 1.82) is 0 Å². The van der Waals surface area contributed by atoms with Gasteiger partial charge in [0.05, 0.1) is 18.3 Å². The fourth-order valence-corrected chi connectivity index (χ4v) is 1.60. The summed E-state index contributed by atoms with van der Waals surface area (Å²) in [5.74, 6) is 0. The lowest BCUT2D eigenvalue weighted by Crippen LogP contribution is -2.20. The third-order valence-electron chi connectivity index (χ3n) is 2.67. The average molecular weight is 186 g/mol. The number of aliphatic hydroxyl groups is 1. The summed E-state index contributed by atoms with van der Waals surface area (Å²) in [7, 11) is 0. The number of unbranched alkanes of at least 4 members (excludes halogenated alkanes) is 2. The smallest absolute Gasteiger partial charge is 0.0745 e. The second-order valence-electron chi connectivity index (χ2n) is 4.30. The predicted octanol–water partition coefficient (Wildman–Crippen LogP) is 2.50. The highest BCUT2D eigenvalue weighted by atomic mass is 16.5. The van der Waals surface area contributed by atoms with E-state index in [1.165, 1.54) is 38.5 Å². The number of ether oxygens (including phenoxy) is 1. The molecule has 0 amide bonds. The lowest BCUT2D eigenvalue weighted by atomic mass is 10.1. The van der Waals surface area contributed by atoms with Gasteiger partial charge in [-0.2, -0.15) is 0 Å². The van der Waals surface area contributed by atoms with Crippen molar-refractivity contribution in [2.75, 3.05) is 6.61 Å².